The smallest absolute Gasteiger partial charge is 0.251 e. The third kappa shape index (κ3) is 5.55. The lowest BCUT2D eigenvalue weighted by Crippen LogP contribution is -2.22. The molecule has 0 saturated carbocycles. The lowest BCUT2D eigenvalue weighted by molar-refractivity contribution is 0.0951. The van der Waals surface area contributed by atoms with Gasteiger partial charge >= 0.3 is 0 Å². The summed E-state index contributed by atoms with van der Waals surface area (Å²) in [5.41, 5.74) is 5.53. The Morgan fingerprint density at radius 1 is 0.903 bits per heavy atom. The fraction of sp³-hybridized carbons (Fsp3) is 0.0800. The van der Waals surface area contributed by atoms with Crippen molar-refractivity contribution in [3.05, 3.63) is 106 Å². The Balaban J connectivity index is 1.35. The van der Waals surface area contributed by atoms with Crippen LogP contribution in [0.5, 0.6) is 0 Å². The van der Waals surface area contributed by atoms with Crippen molar-refractivity contribution >= 4 is 33.3 Å². The van der Waals surface area contributed by atoms with Crippen LogP contribution >= 0.6 is 15.9 Å². The van der Waals surface area contributed by atoms with Gasteiger partial charge in [0.05, 0.1) is 5.69 Å². The molecule has 0 spiro atoms. The second-order valence-electron chi connectivity index (χ2n) is 7.18. The van der Waals surface area contributed by atoms with Crippen LogP contribution in [0.25, 0.3) is 11.3 Å². The molecule has 1 aromatic heterocycles. The van der Waals surface area contributed by atoms with E-state index in [1.54, 1.807) is 12.1 Å². The molecule has 0 aliphatic rings. The van der Waals surface area contributed by atoms with Crippen LogP contribution in [-0.4, -0.2) is 16.1 Å². The fourth-order valence-electron chi connectivity index (χ4n) is 3.10. The number of aromatic nitrogens is 2. The SMILES string of the molecule is Cc1cccc(-c2ccc(Nc3ccc(C(=O)NCc4ccc(Br)cc4)cc3)nn2)c1. The van der Waals surface area contributed by atoms with Gasteiger partial charge in [0, 0.05) is 27.8 Å². The highest BCUT2D eigenvalue weighted by molar-refractivity contribution is 9.10. The third-order valence-corrected chi connectivity index (χ3v) is 5.29. The van der Waals surface area contributed by atoms with E-state index < -0.39 is 0 Å². The molecule has 0 fully saturated rings. The average molecular weight is 473 g/mol. The molecule has 154 valence electrons. The number of halogens is 1. The lowest BCUT2D eigenvalue weighted by Gasteiger charge is -2.08. The second-order valence-corrected chi connectivity index (χ2v) is 8.10. The first-order chi connectivity index (χ1) is 15.1. The number of anilines is 2. The highest BCUT2D eigenvalue weighted by Gasteiger charge is 2.06. The number of hydrogen-bond acceptors (Lipinski definition) is 4. The maximum absolute atomic E-state index is 12.4. The molecule has 0 saturated heterocycles. The number of nitrogens with zero attached hydrogens (tertiary/aromatic N) is 2. The van der Waals surface area contributed by atoms with Gasteiger partial charge in [0.2, 0.25) is 0 Å². The van der Waals surface area contributed by atoms with Gasteiger partial charge in [-0.2, -0.15) is 0 Å². The minimum atomic E-state index is -0.114. The Kier molecular flexibility index (Phi) is 6.38. The quantitative estimate of drug-likeness (QED) is 0.367. The van der Waals surface area contributed by atoms with Crippen molar-refractivity contribution in [2.45, 2.75) is 13.5 Å². The van der Waals surface area contributed by atoms with Gasteiger partial charge in [-0.3, -0.25) is 4.79 Å². The molecule has 4 aromatic rings. The van der Waals surface area contributed by atoms with Crippen LogP contribution in [0.15, 0.2) is 89.4 Å². The van der Waals surface area contributed by atoms with Crippen molar-refractivity contribution in [2.75, 3.05) is 5.32 Å². The zero-order chi connectivity index (χ0) is 21.6. The maximum Gasteiger partial charge on any atom is 0.251 e. The Labute approximate surface area is 189 Å². The van der Waals surface area contributed by atoms with Gasteiger partial charge < -0.3 is 10.6 Å². The molecular formula is C25H21BrN4O. The van der Waals surface area contributed by atoms with E-state index in [1.807, 2.05) is 60.7 Å². The van der Waals surface area contributed by atoms with E-state index in [-0.39, 0.29) is 5.91 Å². The number of rotatable bonds is 6. The van der Waals surface area contributed by atoms with Gasteiger partial charge in [-0.15, -0.1) is 10.2 Å². The van der Waals surface area contributed by atoms with Crippen molar-refractivity contribution in [3.8, 4) is 11.3 Å². The number of nitrogens with one attached hydrogen (secondary N) is 2. The molecule has 31 heavy (non-hydrogen) atoms. The van der Waals surface area contributed by atoms with Crippen LogP contribution in [0.3, 0.4) is 0 Å². The molecule has 0 unspecified atom stereocenters. The predicted octanol–water partition coefficient (Wildman–Crippen LogP) is 5.89. The van der Waals surface area contributed by atoms with Gasteiger partial charge in [-0.05, 0) is 67.1 Å². The summed E-state index contributed by atoms with van der Waals surface area (Å²) in [6.07, 6.45) is 0. The van der Waals surface area contributed by atoms with Crippen molar-refractivity contribution in [1.29, 1.82) is 0 Å². The normalized spacial score (nSPS) is 10.5. The van der Waals surface area contributed by atoms with E-state index >= 15 is 0 Å². The minimum absolute atomic E-state index is 0.114. The molecule has 5 nitrogen and oxygen atoms in total. The highest BCUT2D eigenvalue weighted by Crippen LogP contribution is 2.20. The van der Waals surface area contributed by atoms with Crippen molar-refractivity contribution in [3.63, 3.8) is 0 Å². The van der Waals surface area contributed by atoms with Crippen LogP contribution in [0, 0.1) is 6.92 Å². The van der Waals surface area contributed by atoms with Crippen LogP contribution in [0.2, 0.25) is 0 Å². The summed E-state index contributed by atoms with van der Waals surface area (Å²) in [6, 6.07) is 27.1. The average Bonchev–Trinajstić information content (AvgIpc) is 2.79. The molecule has 0 bridgehead atoms. The number of benzene rings is 3. The van der Waals surface area contributed by atoms with E-state index in [0.717, 1.165) is 27.0 Å². The number of aryl methyl sites for hydroxylation is 1. The summed E-state index contributed by atoms with van der Waals surface area (Å²) in [7, 11) is 0. The molecule has 0 aliphatic heterocycles. The van der Waals surface area contributed by atoms with E-state index in [1.165, 1.54) is 5.56 Å². The predicted molar refractivity (Wildman–Crippen MR) is 127 cm³/mol. The van der Waals surface area contributed by atoms with Crippen molar-refractivity contribution < 1.29 is 4.79 Å². The standard InChI is InChI=1S/C25H21BrN4O/c1-17-3-2-4-20(15-17)23-13-14-24(30-29-23)28-22-11-7-19(8-12-22)25(31)27-16-18-5-9-21(26)10-6-18/h2-15H,16H2,1H3,(H,27,31)(H,28,30). The largest absolute Gasteiger partial charge is 0.348 e. The molecule has 0 aliphatic carbocycles. The van der Waals surface area contributed by atoms with Crippen molar-refractivity contribution in [1.82, 2.24) is 15.5 Å². The van der Waals surface area contributed by atoms with E-state index in [0.29, 0.717) is 17.9 Å². The molecule has 6 heteroatoms. The van der Waals surface area contributed by atoms with Crippen LogP contribution in [-0.2, 0) is 6.54 Å². The van der Waals surface area contributed by atoms with E-state index in [9.17, 15) is 4.79 Å². The van der Waals surface area contributed by atoms with Crippen molar-refractivity contribution in [2.24, 2.45) is 0 Å². The molecule has 1 amide bonds. The van der Waals surface area contributed by atoms with Gasteiger partial charge in [0.25, 0.3) is 5.91 Å². The lowest BCUT2D eigenvalue weighted by atomic mass is 10.1. The summed E-state index contributed by atoms with van der Waals surface area (Å²) in [6.45, 7) is 2.53. The monoisotopic (exact) mass is 472 g/mol. The molecule has 3 aromatic carbocycles. The summed E-state index contributed by atoms with van der Waals surface area (Å²) in [5.74, 6) is 0.528. The Bertz CT molecular complexity index is 1170. The Morgan fingerprint density at radius 2 is 1.68 bits per heavy atom. The van der Waals surface area contributed by atoms with Gasteiger partial charge in [0.15, 0.2) is 5.82 Å². The highest BCUT2D eigenvalue weighted by atomic mass is 79.9. The summed E-state index contributed by atoms with van der Waals surface area (Å²) in [5, 5.41) is 14.7. The number of amides is 1. The van der Waals surface area contributed by atoms with Crippen LogP contribution < -0.4 is 10.6 Å². The third-order valence-electron chi connectivity index (χ3n) is 4.76. The summed E-state index contributed by atoms with van der Waals surface area (Å²) in [4.78, 5) is 12.4. The zero-order valence-electron chi connectivity index (χ0n) is 17.0. The summed E-state index contributed by atoms with van der Waals surface area (Å²) >= 11 is 3.41. The number of carbonyl (C=O) groups excluding carboxylic acids is 1. The van der Waals surface area contributed by atoms with E-state index in [2.05, 4.69) is 55.8 Å². The first kappa shape index (κ1) is 20.8. The molecule has 2 N–H and O–H groups in total. The number of carbonyl (C=O) groups is 1. The Hall–Kier alpha value is -3.51. The van der Waals surface area contributed by atoms with E-state index in [4.69, 9.17) is 0 Å². The Morgan fingerprint density at radius 3 is 2.35 bits per heavy atom. The molecular weight excluding hydrogens is 452 g/mol. The van der Waals surface area contributed by atoms with Crippen LogP contribution in [0.4, 0.5) is 11.5 Å². The number of hydrogen-bond donors (Lipinski definition) is 2. The minimum Gasteiger partial charge on any atom is -0.348 e. The molecule has 1 heterocycles. The topological polar surface area (TPSA) is 66.9 Å². The van der Waals surface area contributed by atoms with Gasteiger partial charge in [-0.1, -0.05) is 51.8 Å². The zero-order valence-corrected chi connectivity index (χ0v) is 18.6. The first-order valence-electron chi connectivity index (χ1n) is 9.87. The molecule has 4 rings (SSSR count). The molecule has 0 atom stereocenters. The summed E-state index contributed by atoms with van der Waals surface area (Å²) < 4.78 is 1.01. The first-order valence-corrected chi connectivity index (χ1v) is 10.7. The van der Waals surface area contributed by atoms with Gasteiger partial charge in [0.1, 0.15) is 0 Å². The maximum atomic E-state index is 12.4. The van der Waals surface area contributed by atoms with Crippen LogP contribution in [0.1, 0.15) is 21.5 Å². The second kappa shape index (κ2) is 9.53. The fourth-order valence-corrected chi connectivity index (χ4v) is 3.36. The van der Waals surface area contributed by atoms with Gasteiger partial charge in [-0.25, -0.2) is 0 Å². The molecule has 0 radical (unpaired) electrons.